The maximum Gasteiger partial charge on any atom is 0.355 e. The second kappa shape index (κ2) is 6.66. The number of hydrogen-bond acceptors (Lipinski definition) is 3. The first kappa shape index (κ1) is 15.9. The predicted molar refractivity (Wildman–Crippen MR) is 92.6 cm³/mol. The zero-order valence-corrected chi connectivity index (χ0v) is 13.5. The molecular weight excluding hydrogens is 307 g/mol. The highest BCUT2D eigenvalue weighted by atomic mass is 19.1. The summed E-state index contributed by atoms with van der Waals surface area (Å²) in [5.41, 5.74) is 3.33. The van der Waals surface area contributed by atoms with Crippen molar-refractivity contribution in [2.45, 2.75) is 13.8 Å². The van der Waals surface area contributed by atoms with E-state index in [0.717, 1.165) is 11.3 Å². The van der Waals surface area contributed by atoms with Crippen molar-refractivity contribution < 1.29 is 13.9 Å². The molecular formula is C19H17FN2O2. The lowest BCUT2D eigenvalue weighted by Crippen LogP contribution is -2.07. The van der Waals surface area contributed by atoms with Gasteiger partial charge in [0.05, 0.1) is 12.3 Å². The van der Waals surface area contributed by atoms with Crippen molar-refractivity contribution in [2.24, 2.45) is 4.99 Å². The van der Waals surface area contributed by atoms with Gasteiger partial charge in [0, 0.05) is 22.7 Å². The second-order valence-corrected chi connectivity index (χ2v) is 5.42. The number of hydrogen-bond donors (Lipinski definition) is 1. The molecule has 0 bridgehead atoms. The smallest absolute Gasteiger partial charge is 0.355 e. The van der Waals surface area contributed by atoms with Gasteiger partial charge in [0.1, 0.15) is 11.5 Å². The molecule has 24 heavy (non-hydrogen) atoms. The Bertz CT molecular complexity index is 911. The molecule has 0 aliphatic heterocycles. The third-order valence-electron chi connectivity index (χ3n) is 3.66. The average molecular weight is 324 g/mol. The Morgan fingerprint density at radius 3 is 2.71 bits per heavy atom. The zero-order valence-electron chi connectivity index (χ0n) is 13.5. The summed E-state index contributed by atoms with van der Waals surface area (Å²) in [4.78, 5) is 19.6. The Morgan fingerprint density at radius 1 is 1.25 bits per heavy atom. The number of carbonyl (C=O) groups is 1. The highest BCUT2D eigenvalue weighted by molar-refractivity contribution is 6.09. The van der Waals surface area contributed by atoms with Crippen LogP contribution in [0.4, 0.5) is 10.1 Å². The van der Waals surface area contributed by atoms with Crippen LogP contribution >= 0.6 is 0 Å². The minimum Gasteiger partial charge on any atom is -0.461 e. The molecule has 3 rings (SSSR count). The first-order valence-electron chi connectivity index (χ1n) is 7.67. The quantitative estimate of drug-likeness (QED) is 0.566. The fourth-order valence-electron chi connectivity index (χ4n) is 2.45. The molecule has 3 aromatic rings. The molecule has 0 radical (unpaired) electrons. The van der Waals surface area contributed by atoms with E-state index in [9.17, 15) is 9.18 Å². The third-order valence-corrected chi connectivity index (χ3v) is 3.66. The molecule has 0 atom stereocenters. The minimum atomic E-state index is -0.487. The maximum atomic E-state index is 13.6. The Morgan fingerprint density at radius 2 is 2.00 bits per heavy atom. The molecule has 1 heterocycles. The summed E-state index contributed by atoms with van der Waals surface area (Å²) in [5, 5.41) is 0.592. The molecule has 0 unspecified atom stereocenters. The number of nitrogens with one attached hydrogen (secondary N) is 1. The molecule has 0 saturated carbocycles. The van der Waals surface area contributed by atoms with Gasteiger partial charge < -0.3 is 9.72 Å². The van der Waals surface area contributed by atoms with Crippen LogP contribution in [0.5, 0.6) is 0 Å². The number of esters is 1. The van der Waals surface area contributed by atoms with Crippen LogP contribution in [0.2, 0.25) is 0 Å². The van der Waals surface area contributed by atoms with Gasteiger partial charge in [-0.3, -0.25) is 4.99 Å². The van der Waals surface area contributed by atoms with Crippen molar-refractivity contribution in [1.29, 1.82) is 0 Å². The summed E-state index contributed by atoms with van der Waals surface area (Å²) >= 11 is 0. The minimum absolute atomic E-state index is 0.261. The standard InChI is InChI=1S/C19H17FN2O2/c1-3-24-19(23)18-16(11-21-14-7-4-12(2)5-8-14)15-10-13(20)6-9-17(15)22-18/h4-11,22H,3H2,1-2H3. The van der Waals surface area contributed by atoms with E-state index in [2.05, 4.69) is 9.98 Å². The Hall–Kier alpha value is -2.95. The van der Waals surface area contributed by atoms with Gasteiger partial charge in [-0.2, -0.15) is 0 Å². The Kier molecular flexibility index (Phi) is 4.42. The summed E-state index contributed by atoms with van der Waals surface area (Å²) in [6.45, 7) is 3.99. The van der Waals surface area contributed by atoms with E-state index < -0.39 is 5.97 Å². The molecule has 0 fully saturated rings. The Balaban J connectivity index is 2.09. The molecule has 0 aliphatic carbocycles. The third kappa shape index (κ3) is 3.20. The van der Waals surface area contributed by atoms with Gasteiger partial charge in [-0.25, -0.2) is 9.18 Å². The highest BCUT2D eigenvalue weighted by Crippen LogP contribution is 2.24. The van der Waals surface area contributed by atoms with Crippen molar-refractivity contribution in [3.63, 3.8) is 0 Å². The average Bonchev–Trinajstić information content (AvgIpc) is 2.92. The number of ether oxygens (including phenoxy) is 1. The van der Waals surface area contributed by atoms with Gasteiger partial charge in [0.25, 0.3) is 0 Å². The van der Waals surface area contributed by atoms with Gasteiger partial charge in [-0.15, -0.1) is 0 Å². The lowest BCUT2D eigenvalue weighted by molar-refractivity contribution is 0.0520. The zero-order chi connectivity index (χ0) is 17.1. The van der Waals surface area contributed by atoms with Crippen LogP contribution in [-0.2, 0) is 4.74 Å². The lowest BCUT2D eigenvalue weighted by Gasteiger charge is -2.01. The van der Waals surface area contributed by atoms with Crippen LogP contribution < -0.4 is 0 Å². The van der Waals surface area contributed by atoms with E-state index in [1.807, 2.05) is 31.2 Å². The monoisotopic (exact) mass is 324 g/mol. The molecule has 5 heteroatoms. The Labute approximate surface area is 139 Å². The highest BCUT2D eigenvalue weighted by Gasteiger charge is 2.18. The topological polar surface area (TPSA) is 54.5 Å². The van der Waals surface area contributed by atoms with E-state index in [-0.39, 0.29) is 18.1 Å². The fourth-order valence-corrected chi connectivity index (χ4v) is 2.45. The van der Waals surface area contributed by atoms with E-state index in [4.69, 9.17) is 4.74 Å². The van der Waals surface area contributed by atoms with Gasteiger partial charge in [0.2, 0.25) is 0 Å². The summed E-state index contributed by atoms with van der Waals surface area (Å²) < 4.78 is 18.7. The summed E-state index contributed by atoms with van der Waals surface area (Å²) in [7, 11) is 0. The van der Waals surface area contributed by atoms with Gasteiger partial charge in [0.15, 0.2) is 0 Å². The number of benzene rings is 2. The number of aliphatic imine (C=N–C) groups is 1. The summed E-state index contributed by atoms with van der Waals surface area (Å²) in [6, 6.07) is 12.0. The number of aromatic amines is 1. The van der Waals surface area contributed by atoms with E-state index in [1.165, 1.54) is 12.1 Å². The second-order valence-electron chi connectivity index (χ2n) is 5.42. The maximum absolute atomic E-state index is 13.6. The van der Waals surface area contributed by atoms with Crippen LogP contribution in [0.1, 0.15) is 28.5 Å². The first-order valence-corrected chi connectivity index (χ1v) is 7.67. The number of rotatable bonds is 4. The van der Waals surface area contributed by atoms with Crippen LogP contribution in [0, 0.1) is 12.7 Å². The van der Waals surface area contributed by atoms with E-state index >= 15 is 0 Å². The van der Waals surface area contributed by atoms with Crippen molar-refractivity contribution >= 4 is 28.8 Å². The largest absolute Gasteiger partial charge is 0.461 e. The van der Waals surface area contributed by atoms with Crippen molar-refractivity contribution in [3.05, 3.63) is 65.1 Å². The molecule has 0 aliphatic rings. The number of halogens is 1. The first-order chi connectivity index (χ1) is 11.6. The van der Waals surface area contributed by atoms with Crippen LogP contribution in [0.3, 0.4) is 0 Å². The molecule has 122 valence electrons. The van der Waals surface area contributed by atoms with Crippen LogP contribution in [0.25, 0.3) is 10.9 Å². The van der Waals surface area contributed by atoms with Crippen LogP contribution in [-0.4, -0.2) is 23.8 Å². The SMILES string of the molecule is CCOC(=O)c1[nH]c2ccc(F)cc2c1C=Nc1ccc(C)cc1. The molecule has 1 aromatic heterocycles. The van der Waals surface area contributed by atoms with E-state index in [0.29, 0.717) is 16.5 Å². The summed E-state index contributed by atoms with van der Waals surface area (Å²) in [5.74, 6) is -0.860. The molecule has 2 aromatic carbocycles. The molecule has 0 saturated heterocycles. The van der Waals surface area contributed by atoms with Crippen molar-refractivity contribution in [1.82, 2.24) is 4.98 Å². The number of H-pyrrole nitrogens is 1. The predicted octanol–water partition coefficient (Wildman–Crippen LogP) is 4.54. The number of fused-ring (bicyclic) bond motifs is 1. The molecule has 1 N–H and O–H groups in total. The van der Waals surface area contributed by atoms with Crippen molar-refractivity contribution in [3.8, 4) is 0 Å². The number of aromatic nitrogens is 1. The number of nitrogens with zero attached hydrogens (tertiary/aromatic N) is 1. The molecule has 4 nitrogen and oxygen atoms in total. The van der Waals surface area contributed by atoms with E-state index in [1.54, 1.807) is 19.2 Å². The number of carbonyl (C=O) groups excluding carboxylic acids is 1. The van der Waals surface area contributed by atoms with Gasteiger partial charge in [-0.05, 0) is 44.2 Å². The molecule has 0 amide bonds. The van der Waals surface area contributed by atoms with Gasteiger partial charge >= 0.3 is 5.97 Å². The fraction of sp³-hybridized carbons (Fsp3) is 0.158. The van der Waals surface area contributed by atoms with Crippen molar-refractivity contribution in [2.75, 3.05) is 6.61 Å². The van der Waals surface area contributed by atoms with Crippen LogP contribution in [0.15, 0.2) is 47.5 Å². The normalized spacial score (nSPS) is 11.3. The molecule has 0 spiro atoms. The lowest BCUT2D eigenvalue weighted by atomic mass is 10.1. The van der Waals surface area contributed by atoms with Gasteiger partial charge in [-0.1, -0.05) is 17.7 Å². The summed E-state index contributed by atoms with van der Waals surface area (Å²) in [6.07, 6.45) is 1.56. The number of aryl methyl sites for hydroxylation is 1.